The number of benzene rings is 8. The summed E-state index contributed by atoms with van der Waals surface area (Å²) < 4.78 is 0. The number of hydrogen-bond acceptors (Lipinski definition) is 4. The van der Waals surface area contributed by atoms with Gasteiger partial charge in [0.15, 0.2) is 17.5 Å². The highest BCUT2D eigenvalue weighted by molar-refractivity contribution is 6.22. The molecule has 0 amide bonds. The molecule has 4 nitrogen and oxygen atoms in total. The predicted octanol–water partition coefficient (Wildman–Crippen LogP) is 12.5. The van der Waals surface area contributed by atoms with E-state index in [0.29, 0.717) is 23.0 Å². The molecule has 10 rings (SSSR count). The van der Waals surface area contributed by atoms with Gasteiger partial charge in [0.1, 0.15) is 0 Å². The second-order valence-electron chi connectivity index (χ2n) is 13.5. The third kappa shape index (κ3) is 5.35. The molecule has 4 heteroatoms. The zero-order valence-corrected chi connectivity index (χ0v) is 29.1. The van der Waals surface area contributed by atoms with E-state index in [1.54, 1.807) is 0 Å². The fourth-order valence-corrected chi connectivity index (χ4v) is 7.69. The molecule has 0 spiro atoms. The summed E-state index contributed by atoms with van der Waals surface area (Å²) in [6.45, 7) is 0. The van der Waals surface area contributed by atoms with Gasteiger partial charge in [0.05, 0.1) is 11.6 Å². The van der Waals surface area contributed by atoms with Crippen molar-refractivity contribution in [3.05, 3.63) is 188 Å². The van der Waals surface area contributed by atoms with E-state index in [9.17, 15) is 5.26 Å². The molecule has 0 atom stereocenters. The number of nitrogens with zero attached hydrogens (tertiary/aromatic N) is 4. The van der Waals surface area contributed by atoms with Crippen molar-refractivity contribution in [3.8, 4) is 95.9 Å². The molecule has 0 saturated carbocycles. The highest BCUT2D eigenvalue weighted by atomic mass is 15.0. The van der Waals surface area contributed by atoms with E-state index in [0.717, 1.165) is 44.5 Å². The largest absolute Gasteiger partial charge is 0.208 e. The summed E-state index contributed by atoms with van der Waals surface area (Å²) in [6.07, 6.45) is 0. The molecule has 1 aliphatic carbocycles. The Balaban J connectivity index is 1.09. The second-order valence-corrected chi connectivity index (χ2v) is 13.5. The third-order valence-electron chi connectivity index (χ3n) is 10.4. The highest BCUT2D eigenvalue weighted by Gasteiger charge is 2.25. The van der Waals surface area contributed by atoms with Gasteiger partial charge in [0, 0.05) is 16.7 Å². The molecular formula is C50H30N4. The first-order chi connectivity index (χ1) is 26.7. The first-order valence-corrected chi connectivity index (χ1v) is 18.0. The van der Waals surface area contributed by atoms with Crippen LogP contribution in [0.2, 0.25) is 0 Å². The maximum Gasteiger partial charge on any atom is 0.164 e. The lowest BCUT2D eigenvalue weighted by Crippen LogP contribution is -2.00. The van der Waals surface area contributed by atoms with Crippen molar-refractivity contribution in [2.45, 2.75) is 0 Å². The normalized spacial score (nSPS) is 11.3. The Morgan fingerprint density at radius 1 is 0.278 bits per heavy atom. The fourth-order valence-electron chi connectivity index (χ4n) is 7.69. The van der Waals surface area contributed by atoms with E-state index in [2.05, 4.69) is 140 Å². The van der Waals surface area contributed by atoms with E-state index in [4.69, 9.17) is 15.0 Å². The van der Waals surface area contributed by atoms with Gasteiger partial charge in [-0.05, 0) is 78.5 Å². The van der Waals surface area contributed by atoms with E-state index >= 15 is 0 Å². The third-order valence-corrected chi connectivity index (χ3v) is 10.4. The maximum atomic E-state index is 9.48. The van der Waals surface area contributed by atoms with Gasteiger partial charge in [0.25, 0.3) is 0 Å². The van der Waals surface area contributed by atoms with Gasteiger partial charge in [-0.15, -0.1) is 0 Å². The van der Waals surface area contributed by atoms with Crippen molar-refractivity contribution in [3.63, 3.8) is 0 Å². The van der Waals surface area contributed by atoms with Crippen molar-refractivity contribution in [1.82, 2.24) is 15.0 Å². The number of fused-ring (bicyclic) bond motifs is 3. The maximum absolute atomic E-state index is 9.48. The van der Waals surface area contributed by atoms with Crippen LogP contribution in [0.25, 0.3) is 101 Å². The van der Waals surface area contributed by atoms with Crippen molar-refractivity contribution in [2.75, 3.05) is 0 Å². The number of nitriles is 1. The molecule has 0 radical (unpaired) electrons. The number of hydrogen-bond donors (Lipinski definition) is 0. The minimum Gasteiger partial charge on any atom is -0.208 e. The summed E-state index contributed by atoms with van der Waals surface area (Å²) in [6, 6.07) is 65.2. The van der Waals surface area contributed by atoms with Crippen LogP contribution in [-0.4, -0.2) is 15.0 Å². The molecule has 54 heavy (non-hydrogen) atoms. The van der Waals surface area contributed by atoms with Gasteiger partial charge in [-0.3, -0.25) is 0 Å². The molecule has 0 unspecified atom stereocenters. The minimum atomic E-state index is 0.617. The van der Waals surface area contributed by atoms with Crippen LogP contribution < -0.4 is 0 Å². The van der Waals surface area contributed by atoms with Crippen LogP contribution in [0.4, 0.5) is 0 Å². The van der Waals surface area contributed by atoms with E-state index in [1.165, 1.54) is 38.6 Å². The lowest BCUT2D eigenvalue weighted by atomic mass is 9.88. The monoisotopic (exact) mass is 686 g/mol. The van der Waals surface area contributed by atoms with Gasteiger partial charge in [0.2, 0.25) is 0 Å². The molecule has 0 fully saturated rings. The Morgan fingerprint density at radius 2 is 0.611 bits per heavy atom. The molecule has 1 aliphatic rings. The van der Waals surface area contributed by atoms with Crippen LogP contribution in [0.15, 0.2) is 182 Å². The van der Waals surface area contributed by atoms with Gasteiger partial charge in [-0.2, -0.15) is 5.26 Å². The molecule has 1 heterocycles. The molecule has 9 aromatic rings. The average Bonchev–Trinajstić information content (AvgIpc) is 3.59. The average molecular weight is 687 g/mol. The van der Waals surface area contributed by atoms with Crippen LogP contribution in [-0.2, 0) is 0 Å². The summed E-state index contributed by atoms with van der Waals surface area (Å²) in [5.74, 6) is 1.87. The molecule has 8 aromatic carbocycles. The zero-order chi connectivity index (χ0) is 36.0. The van der Waals surface area contributed by atoms with Crippen LogP contribution in [0.5, 0.6) is 0 Å². The fraction of sp³-hybridized carbons (Fsp3) is 0. The van der Waals surface area contributed by atoms with Crippen molar-refractivity contribution >= 4 is 10.8 Å². The Kier molecular flexibility index (Phi) is 7.49. The Hall–Kier alpha value is -7.48. The van der Waals surface area contributed by atoms with Gasteiger partial charge >= 0.3 is 0 Å². The standard InChI is InChI=1S/C50H30N4/c51-31-32-15-17-35(18-16-32)40-27-29-44-42-13-7-8-14-43(42)45-30-28-41(46(40)47(44)45)36-21-25-39(26-22-36)50-53-48(37-11-5-2-6-12-37)52-49(54-50)38-23-19-34(20-24-38)33-9-3-1-4-10-33/h1-30H. The SMILES string of the molecule is N#Cc1ccc(-c2ccc3c4c(ccc(-c5ccc(-c6nc(-c7ccccc7)nc(-c7ccc(-c8ccccc8)cc7)n6)cc5)c24)-c2ccccc2-3)cc1. The molecule has 0 saturated heterocycles. The van der Waals surface area contributed by atoms with Crippen molar-refractivity contribution in [2.24, 2.45) is 0 Å². The number of rotatable bonds is 6. The lowest BCUT2D eigenvalue weighted by molar-refractivity contribution is 1.07. The van der Waals surface area contributed by atoms with Crippen LogP contribution >= 0.6 is 0 Å². The number of aromatic nitrogens is 3. The summed E-state index contributed by atoms with van der Waals surface area (Å²) >= 11 is 0. The molecule has 0 aliphatic heterocycles. The van der Waals surface area contributed by atoms with Crippen LogP contribution in [0.3, 0.4) is 0 Å². The summed E-state index contributed by atoms with van der Waals surface area (Å²) in [5.41, 5.74) is 15.2. The molecule has 0 N–H and O–H groups in total. The highest BCUT2D eigenvalue weighted by Crippen LogP contribution is 2.52. The summed E-state index contributed by atoms with van der Waals surface area (Å²) in [4.78, 5) is 15.0. The van der Waals surface area contributed by atoms with Crippen LogP contribution in [0, 0.1) is 11.3 Å². The quantitative estimate of drug-likeness (QED) is 0.175. The van der Waals surface area contributed by atoms with E-state index in [1.807, 2.05) is 48.5 Å². The summed E-state index contributed by atoms with van der Waals surface area (Å²) in [7, 11) is 0. The smallest absolute Gasteiger partial charge is 0.164 e. The summed E-state index contributed by atoms with van der Waals surface area (Å²) in [5, 5.41) is 11.9. The molecule has 250 valence electrons. The zero-order valence-electron chi connectivity index (χ0n) is 29.1. The second kappa shape index (κ2) is 12.9. The Labute approximate surface area is 313 Å². The lowest BCUT2D eigenvalue weighted by Gasteiger charge is -2.15. The first-order valence-electron chi connectivity index (χ1n) is 18.0. The predicted molar refractivity (Wildman–Crippen MR) is 219 cm³/mol. The van der Waals surface area contributed by atoms with Crippen LogP contribution in [0.1, 0.15) is 5.56 Å². The topological polar surface area (TPSA) is 62.5 Å². The van der Waals surface area contributed by atoms with Crippen molar-refractivity contribution in [1.29, 1.82) is 5.26 Å². The van der Waals surface area contributed by atoms with Gasteiger partial charge in [-0.25, -0.2) is 15.0 Å². The van der Waals surface area contributed by atoms with E-state index < -0.39 is 0 Å². The molecule has 0 bridgehead atoms. The van der Waals surface area contributed by atoms with Crippen molar-refractivity contribution < 1.29 is 0 Å². The Morgan fingerprint density at radius 3 is 1.09 bits per heavy atom. The van der Waals surface area contributed by atoms with E-state index in [-0.39, 0.29) is 0 Å². The Bertz CT molecular complexity index is 2860. The minimum absolute atomic E-state index is 0.617. The molecular weight excluding hydrogens is 657 g/mol. The van der Waals surface area contributed by atoms with Gasteiger partial charge in [-0.1, -0.05) is 170 Å². The molecule has 1 aromatic heterocycles. The first kappa shape index (κ1) is 31.3. The van der Waals surface area contributed by atoms with Gasteiger partial charge < -0.3 is 0 Å².